The molecule has 1 aromatic carbocycles. The molecule has 3 heterocycles. The Bertz CT molecular complexity index is 764. The monoisotopic (exact) mass is 365 g/mol. The Balaban J connectivity index is 1.36. The Morgan fingerprint density at radius 3 is 2.41 bits per heavy atom. The average molecular weight is 365 g/mol. The molecule has 6 nitrogen and oxygen atoms in total. The molecule has 2 aromatic rings. The Morgan fingerprint density at radius 2 is 1.67 bits per heavy atom. The van der Waals surface area contributed by atoms with E-state index < -0.39 is 0 Å². The summed E-state index contributed by atoms with van der Waals surface area (Å²) in [6.07, 6.45) is 6.77. The van der Waals surface area contributed by atoms with Crippen LogP contribution in [0.5, 0.6) is 0 Å². The van der Waals surface area contributed by atoms with Crippen LogP contribution in [0.15, 0.2) is 36.5 Å². The van der Waals surface area contributed by atoms with Gasteiger partial charge in [0.05, 0.1) is 5.69 Å². The summed E-state index contributed by atoms with van der Waals surface area (Å²) in [6, 6.07) is 9.60. The summed E-state index contributed by atoms with van der Waals surface area (Å²) in [5.74, 6) is 0.787. The number of benzene rings is 1. The molecule has 2 fully saturated rings. The van der Waals surface area contributed by atoms with Gasteiger partial charge in [-0.15, -0.1) is 0 Å². The predicted octanol–water partition coefficient (Wildman–Crippen LogP) is 2.57. The molecule has 1 amide bonds. The minimum absolute atomic E-state index is 0.0128. The molecule has 0 bridgehead atoms. The van der Waals surface area contributed by atoms with Gasteiger partial charge in [0.1, 0.15) is 0 Å². The van der Waals surface area contributed by atoms with Crippen LogP contribution in [0.1, 0.15) is 36.0 Å². The highest BCUT2D eigenvalue weighted by Gasteiger charge is 2.16. The molecule has 2 saturated heterocycles. The van der Waals surface area contributed by atoms with Gasteiger partial charge in [-0.2, -0.15) is 0 Å². The van der Waals surface area contributed by atoms with E-state index in [1.165, 1.54) is 25.7 Å². The van der Waals surface area contributed by atoms with Crippen molar-refractivity contribution in [3.8, 4) is 11.3 Å². The van der Waals surface area contributed by atoms with Gasteiger partial charge in [-0.25, -0.2) is 9.97 Å². The molecule has 2 aliphatic rings. The van der Waals surface area contributed by atoms with Gasteiger partial charge in [0, 0.05) is 43.5 Å². The number of likely N-dealkylation sites (tertiary alicyclic amines) is 1. The standard InChI is InChI=1S/C21H27N5O/c27-20(22-11-16-25-12-1-2-13-25)18-7-5-17(6-8-18)19-9-10-23-21(24-19)26-14-3-4-15-26/h5-10H,1-4,11-16H2,(H,22,27). The Morgan fingerprint density at radius 1 is 0.963 bits per heavy atom. The minimum atomic E-state index is -0.0128. The predicted molar refractivity (Wildman–Crippen MR) is 107 cm³/mol. The van der Waals surface area contributed by atoms with E-state index >= 15 is 0 Å². The van der Waals surface area contributed by atoms with E-state index in [2.05, 4.69) is 20.1 Å². The number of carbonyl (C=O) groups excluding carboxylic acids is 1. The molecule has 4 rings (SSSR count). The van der Waals surface area contributed by atoms with Gasteiger partial charge in [-0.05, 0) is 57.0 Å². The van der Waals surface area contributed by atoms with E-state index in [1.54, 1.807) is 0 Å². The number of nitrogens with one attached hydrogen (secondary N) is 1. The number of anilines is 1. The summed E-state index contributed by atoms with van der Waals surface area (Å²) in [5.41, 5.74) is 2.59. The zero-order chi connectivity index (χ0) is 18.5. The molecule has 1 aromatic heterocycles. The first-order chi connectivity index (χ1) is 13.3. The second kappa shape index (κ2) is 8.48. The van der Waals surface area contributed by atoms with E-state index in [1.807, 2.05) is 36.5 Å². The van der Waals surface area contributed by atoms with E-state index in [-0.39, 0.29) is 5.91 Å². The molecule has 0 unspecified atom stereocenters. The molecular weight excluding hydrogens is 338 g/mol. The maximum atomic E-state index is 12.3. The van der Waals surface area contributed by atoms with E-state index in [4.69, 9.17) is 4.98 Å². The highest BCUT2D eigenvalue weighted by Crippen LogP contribution is 2.21. The summed E-state index contributed by atoms with van der Waals surface area (Å²) >= 11 is 0. The second-order valence-corrected chi connectivity index (χ2v) is 7.32. The number of hydrogen-bond donors (Lipinski definition) is 1. The van der Waals surface area contributed by atoms with Gasteiger partial charge in [-0.3, -0.25) is 4.79 Å². The molecule has 0 spiro atoms. The van der Waals surface area contributed by atoms with Crippen LogP contribution >= 0.6 is 0 Å². The normalized spacial score (nSPS) is 17.4. The highest BCUT2D eigenvalue weighted by molar-refractivity contribution is 5.94. The van der Waals surface area contributed by atoms with Crippen molar-refractivity contribution in [1.82, 2.24) is 20.2 Å². The number of nitrogens with zero attached hydrogens (tertiary/aromatic N) is 4. The number of amides is 1. The van der Waals surface area contributed by atoms with Crippen LogP contribution in [-0.2, 0) is 0 Å². The fourth-order valence-electron chi connectivity index (χ4n) is 3.81. The van der Waals surface area contributed by atoms with Crippen LogP contribution in [-0.4, -0.2) is 60.0 Å². The smallest absolute Gasteiger partial charge is 0.251 e. The maximum Gasteiger partial charge on any atom is 0.251 e. The van der Waals surface area contributed by atoms with Crippen LogP contribution in [0, 0.1) is 0 Å². The minimum Gasteiger partial charge on any atom is -0.351 e. The molecule has 2 aliphatic heterocycles. The second-order valence-electron chi connectivity index (χ2n) is 7.32. The lowest BCUT2D eigenvalue weighted by Crippen LogP contribution is -2.33. The lowest BCUT2D eigenvalue weighted by Gasteiger charge is -2.15. The van der Waals surface area contributed by atoms with Crippen molar-refractivity contribution in [3.63, 3.8) is 0 Å². The summed E-state index contributed by atoms with van der Waals surface area (Å²) in [7, 11) is 0. The summed E-state index contributed by atoms with van der Waals surface area (Å²) in [4.78, 5) is 26.1. The van der Waals surface area contributed by atoms with Gasteiger partial charge < -0.3 is 15.1 Å². The van der Waals surface area contributed by atoms with Crippen molar-refractivity contribution < 1.29 is 4.79 Å². The Kier molecular flexibility index (Phi) is 5.63. The van der Waals surface area contributed by atoms with Gasteiger partial charge >= 0.3 is 0 Å². The average Bonchev–Trinajstić information content (AvgIpc) is 3.42. The molecule has 0 atom stereocenters. The van der Waals surface area contributed by atoms with E-state index in [9.17, 15) is 4.79 Å². The fraction of sp³-hybridized carbons (Fsp3) is 0.476. The van der Waals surface area contributed by atoms with Gasteiger partial charge in [0.25, 0.3) is 5.91 Å². The molecule has 6 heteroatoms. The first kappa shape index (κ1) is 17.9. The van der Waals surface area contributed by atoms with Crippen molar-refractivity contribution in [3.05, 3.63) is 42.1 Å². The zero-order valence-corrected chi connectivity index (χ0v) is 15.7. The number of carbonyl (C=O) groups is 1. The molecular formula is C21H27N5O. The summed E-state index contributed by atoms with van der Waals surface area (Å²) in [5, 5.41) is 3.02. The molecule has 0 aliphatic carbocycles. The maximum absolute atomic E-state index is 12.3. The topological polar surface area (TPSA) is 61.4 Å². The third-order valence-electron chi connectivity index (χ3n) is 5.39. The van der Waals surface area contributed by atoms with Crippen LogP contribution in [0.25, 0.3) is 11.3 Å². The van der Waals surface area contributed by atoms with Crippen molar-refractivity contribution >= 4 is 11.9 Å². The third-order valence-corrected chi connectivity index (χ3v) is 5.39. The van der Waals surface area contributed by atoms with Crippen LogP contribution in [0.4, 0.5) is 5.95 Å². The molecule has 27 heavy (non-hydrogen) atoms. The number of rotatable bonds is 6. The summed E-state index contributed by atoms with van der Waals surface area (Å²) < 4.78 is 0. The van der Waals surface area contributed by atoms with Crippen molar-refractivity contribution in [1.29, 1.82) is 0 Å². The Hall–Kier alpha value is -2.47. The van der Waals surface area contributed by atoms with E-state index in [0.717, 1.165) is 49.9 Å². The van der Waals surface area contributed by atoms with Crippen LogP contribution in [0.3, 0.4) is 0 Å². The first-order valence-corrected chi connectivity index (χ1v) is 9.98. The SMILES string of the molecule is O=C(NCCN1CCCC1)c1ccc(-c2ccnc(N3CCCC3)n2)cc1. The van der Waals surface area contributed by atoms with Crippen molar-refractivity contribution in [2.24, 2.45) is 0 Å². The van der Waals surface area contributed by atoms with Gasteiger partial charge in [0.15, 0.2) is 0 Å². The quantitative estimate of drug-likeness (QED) is 0.852. The summed E-state index contributed by atoms with van der Waals surface area (Å²) in [6.45, 7) is 6.00. The lowest BCUT2D eigenvalue weighted by atomic mass is 10.1. The van der Waals surface area contributed by atoms with Gasteiger partial charge in [-0.1, -0.05) is 12.1 Å². The fourth-order valence-corrected chi connectivity index (χ4v) is 3.81. The number of hydrogen-bond acceptors (Lipinski definition) is 5. The molecule has 0 saturated carbocycles. The van der Waals surface area contributed by atoms with Crippen molar-refractivity contribution in [2.75, 3.05) is 44.2 Å². The van der Waals surface area contributed by atoms with Crippen LogP contribution < -0.4 is 10.2 Å². The van der Waals surface area contributed by atoms with Crippen molar-refractivity contribution in [2.45, 2.75) is 25.7 Å². The third kappa shape index (κ3) is 4.45. The lowest BCUT2D eigenvalue weighted by molar-refractivity contribution is 0.0950. The zero-order valence-electron chi connectivity index (χ0n) is 15.7. The first-order valence-electron chi connectivity index (χ1n) is 9.98. The largest absolute Gasteiger partial charge is 0.351 e. The highest BCUT2D eigenvalue weighted by atomic mass is 16.1. The van der Waals surface area contributed by atoms with E-state index in [0.29, 0.717) is 12.1 Å². The molecule has 0 radical (unpaired) electrons. The number of aromatic nitrogens is 2. The molecule has 1 N–H and O–H groups in total. The van der Waals surface area contributed by atoms with Crippen LogP contribution in [0.2, 0.25) is 0 Å². The Labute approximate surface area is 160 Å². The molecule has 142 valence electrons. The van der Waals surface area contributed by atoms with Gasteiger partial charge in [0.2, 0.25) is 5.95 Å².